The van der Waals surface area contributed by atoms with Crippen LogP contribution >= 0.6 is 11.6 Å². The van der Waals surface area contributed by atoms with Gasteiger partial charge in [-0.05, 0) is 42.8 Å². The molecule has 0 aliphatic rings. The van der Waals surface area contributed by atoms with Gasteiger partial charge in [0.15, 0.2) is 0 Å². The van der Waals surface area contributed by atoms with Crippen molar-refractivity contribution in [1.82, 2.24) is 5.32 Å². The lowest BCUT2D eigenvalue weighted by molar-refractivity contribution is 0.0951. The van der Waals surface area contributed by atoms with Crippen LogP contribution in [-0.4, -0.2) is 21.4 Å². The highest BCUT2D eigenvalue weighted by molar-refractivity contribution is 7.92. The average molecular weight is 429 g/mol. The molecule has 0 atom stereocenters. The van der Waals surface area contributed by atoms with Crippen LogP contribution in [0.25, 0.3) is 0 Å². The number of carbonyl (C=O) groups excluding carboxylic acids is 1. The van der Waals surface area contributed by atoms with E-state index in [1.54, 1.807) is 24.3 Å². The molecule has 0 radical (unpaired) electrons. The maximum absolute atomic E-state index is 12.8. The average Bonchev–Trinajstić information content (AvgIpc) is 2.72. The van der Waals surface area contributed by atoms with E-state index in [2.05, 4.69) is 5.32 Å². The van der Waals surface area contributed by atoms with Gasteiger partial charge in [-0.25, -0.2) is 8.42 Å². The first-order valence-corrected chi connectivity index (χ1v) is 10.8. The van der Waals surface area contributed by atoms with E-state index in [9.17, 15) is 13.2 Å². The Labute approximate surface area is 176 Å². The summed E-state index contributed by atoms with van der Waals surface area (Å²) in [6.07, 6.45) is 0. The number of nitrogens with zero attached hydrogens (tertiary/aromatic N) is 1. The monoisotopic (exact) mass is 428 g/mol. The lowest BCUT2D eigenvalue weighted by atomic mass is 10.1. The highest BCUT2D eigenvalue weighted by Crippen LogP contribution is 2.27. The number of rotatable bonds is 6. The third kappa shape index (κ3) is 4.78. The van der Waals surface area contributed by atoms with E-state index in [-0.39, 0.29) is 21.4 Å². The molecule has 3 rings (SSSR count). The third-order valence-electron chi connectivity index (χ3n) is 4.50. The standard InChI is InChI=1S/C22H21ClN2O3S/c1-16-7-6-8-17(13-16)15-24-22(26)20-12-11-18(14-21(20)23)25(2)29(27,28)19-9-4-3-5-10-19/h3-14H,15H2,1-2H3,(H,24,26). The molecule has 1 amide bonds. The molecule has 0 unspecified atom stereocenters. The van der Waals surface area contributed by atoms with Crippen LogP contribution in [-0.2, 0) is 16.6 Å². The van der Waals surface area contributed by atoms with Gasteiger partial charge in [0.2, 0.25) is 0 Å². The number of hydrogen-bond acceptors (Lipinski definition) is 3. The summed E-state index contributed by atoms with van der Waals surface area (Å²) >= 11 is 6.29. The van der Waals surface area contributed by atoms with Crippen LogP contribution in [0.2, 0.25) is 5.02 Å². The molecule has 0 bridgehead atoms. The van der Waals surface area contributed by atoms with Crippen LogP contribution in [0, 0.1) is 6.92 Å². The predicted octanol–water partition coefficient (Wildman–Crippen LogP) is 4.40. The first kappa shape index (κ1) is 20.9. The lowest BCUT2D eigenvalue weighted by Crippen LogP contribution is -2.27. The second kappa shape index (κ2) is 8.68. The molecule has 3 aromatic carbocycles. The number of aryl methyl sites for hydroxylation is 1. The minimum absolute atomic E-state index is 0.179. The molecule has 3 aromatic rings. The molecule has 0 aliphatic heterocycles. The zero-order chi connectivity index (χ0) is 21.0. The maximum atomic E-state index is 12.8. The Morgan fingerprint density at radius 3 is 2.38 bits per heavy atom. The molecule has 0 fully saturated rings. The Morgan fingerprint density at radius 2 is 1.72 bits per heavy atom. The third-order valence-corrected chi connectivity index (χ3v) is 6.61. The largest absolute Gasteiger partial charge is 0.348 e. The number of halogens is 1. The summed E-state index contributed by atoms with van der Waals surface area (Å²) in [5.74, 6) is -0.323. The zero-order valence-electron chi connectivity index (χ0n) is 16.1. The Hall–Kier alpha value is -2.83. The molecule has 0 aromatic heterocycles. The van der Waals surface area contributed by atoms with Gasteiger partial charge in [-0.3, -0.25) is 9.10 Å². The minimum Gasteiger partial charge on any atom is -0.348 e. The highest BCUT2D eigenvalue weighted by Gasteiger charge is 2.22. The molecular formula is C22H21ClN2O3S. The SMILES string of the molecule is Cc1cccc(CNC(=O)c2ccc(N(C)S(=O)(=O)c3ccccc3)cc2Cl)c1. The van der Waals surface area contributed by atoms with Crippen molar-refractivity contribution >= 4 is 33.2 Å². The van der Waals surface area contributed by atoms with E-state index in [0.717, 1.165) is 15.4 Å². The van der Waals surface area contributed by atoms with Crippen LogP contribution < -0.4 is 9.62 Å². The molecule has 5 nitrogen and oxygen atoms in total. The first-order valence-electron chi connectivity index (χ1n) is 8.96. The summed E-state index contributed by atoms with van der Waals surface area (Å²) in [5, 5.41) is 3.01. The lowest BCUT2D eigenvalue weighted by Gasteiger charge is -2.20. The Morgan fingerprint density at radius 1 is 1.00 bits per heavy atom. The number of anilines is 1. The van der Waals surface area contributed by atoms with Gasteiger partial charge in [-0.2, -0.15) is 0 Å². The van der Waals surface area contributed by atoms with Crippen molar-refractivity contribution in [2.24, 2.45) is 0 Å². The van der Waals surface area contributed by atoms with Crippen molar-refractivity contribution in [3.8, 4) is 0 Å². The van der Waals surface area contributed by atoms with Crippen molar-refractivity contribution in [3.63, 3.8) is 0 Å². The fourth-order valence-corrected chi connectivity index (χ4v) is 4.34. The Kier molecular flexibility index (Phi) is 6.25. The molecule has 1 N–H and O–H groups in total. The molecular weight excluding hydrogens is 408 g/mol. The number of benzene rings is 3. The molecule has 29 heavy (non-hydrogen) atoms. The smallest absolute Gasteiger partial charge is 0.264 e. The van der Waals surface area contributed by atoms with Gasteiger partial charge >= 0.3 is 0 Å². The number of carbonyl (C=O) groups is 1. The topological polar surface area (TPSA) is 66.5 Å². The van der Waals surface area contributed by atoms with E-state index in [1.165, 1.54) is 31.3 Å². The van der Waals surface area contributed by atoms with E-state index in [1.807, 2.05) is 31.2 Å². The Balaban J connectivity index is 1.76. The van der Waals surface area contributed by atoms with E-state index in [4.69, 9.17) is 11.6 Å². The van der Waals surface area contributed by atoms with Crippen LogP contribution in [0.5, 0.6) is 0 Å². The normalized spacial score (nSPS) is 11.1. The van der Waals surface area contributed by atoms with Gasteiger partial charge in [0.1, 0.15) is 0 Å². The molecule has 0 aliphatic carbocycles. The molecule has 0 saturated carbocycles. The summed E-state index contributed by atoms with van der Waals surface area (Å²) in [4.78, 5) is 12.7. The van der Waals surface area contributed by atoms with Crippen LogP contribution in [0.1, 0.15) is 21.5 Å². The van der Waals surface area contributed by atoms with E-state index >= 15 is 0 Å². The summed E-state index contributed by atoms with van der Waals surface area (Å²) in [5.41, 5.74) is 2.75. The summed E-state index contributed by atoms with van der Waals surface area (Å²) in [6, 6.07) is 20.5. The maximum Gasteiger partial charge on any atom is 0.264 e. The van der Waals surface area contributed by atoms with E-state index < -0.39 is 10.0 Å². The first-order chi connectivity index (χ1) is 13.8. The van der Waals surface area contributed by atoms with E-state index in [0.29, 0.717) is 12.2 Å². The number of hydrogen-bond donors (Lipinski definition) is 1. The molecule has 7 heteroatoms. The number of sulfonamides is 1. The quantitative estimate of drug-likeness (QED) is 0.632. The fourth-order valence-electron chi connectivity index (χ4n) is 2.87. The summed E-state index contributed by atoms with van der Waals surface area (Å²) < 4.78 is 26.6. The van der Waals surface area contributed by atoms with Crippen molar-refractivity contribution in [3.05, 3.63) is 94.5 Å². The highest BCUT2D eigenvalue weighted by atomic mass is 35.5. The minimum atomic E-state index is -3.72. The number of amides is 1. The van der Waals surface area contributed by atoms with Gasteiger partial charge in [0, 0.05) is 13.6 Å². The van der Waals surface area contributed by atoms with Gasteiger partial charge in [0.25, 0.3) is 15.9 Å². The van der Waals surface area contributed by atoms with Crippen molar-refractivity contribution < 1.29 is 13.2 Å². The zero-order valence-corrected chi connectivity index (χ0v) is 17.7. The second-order valence-electron chi connectivity index (χ2n) is 6.62. The summed E-state index contributed by atoms with van der Waals surface area (Å²) in [6.45, 7) is 2.36. The molecule has 0 heterocycles. The van der Waals surface area contributed by atoms with Gasteiger partial charge < -0.3 is 5.32 Å². The molecule has 0 spiro atoms. The van der Waals surface area contributed by atoms with Gasteiger partial charge in [0.05, 0.1) is 21.2 Å². The second-order valence-corrected chi connectivity index (χ2v) is 9.00. The number of nitrogens with one attached hydrogen (secondary N) is 1. The van der Waals surface area contributed by atoms with Crippen molar-refractivity contribution in [2.75, 3.05) is 11.4 Å². The van der Waals surface area contributed by atoms with Gasteiger partial charge in [-0.15, -0.1) is 0 Å². The van der Waals surface area contributed by atoms with Gasteiger partial charge in [-0.1, -0.05) is 59.6 Å². The fraction of sp³-hybridized carbons (Fsp3) is 0.136. The molecule has 0 saturated heterocycles. The Bertz CT molecular complexity index is 1130. The van der Waals surface area contributed by atoms with Crippen LogP contribution in [0.3, 0.4) is 0 Å². The van der Waals surface area contributed by atoms with Crippen LogP contribution in [0.15, 0.2) is 77.7 Å². The van der Waals surface area contributed by atoms with Crippen molar-refractivity contribution in [1.29, 1.82) is 0 Å². The summed E-state index contributed by atoms with van der Waals surface area (Å²) in [7, 11) is -2.27. The van der Waals surface area contributed by atoms with Crippen LogP contribution in [0.4, 0.5) is 5.69 Å². The molecule has 150 valence electrons. The van der Waals surface area contributed by atoms with Crippen molar-refractivity contribution in [2.45, 2.75) is 18.4 Å². The predicted molar refractivity (Wildman–Crippen MR) is 116 cm³/mol.